The first-order valence-corrected chi connectivity index (χ1v) is 6.31. The molecule has 1 fully saturated rings. The average molecular weight is 286 g/mol. The topological polar surface area (TPSA) is 38.2 Å². The highest BCUT2D eigenvalue weighted by atomic mass is 79.9. The van der Waals surface area contributed by atoms with Crippen molar-refractivity contribution in [3.63, 3.8) is 0 Å². The van der Waals surface area contributed by atoms with Gasteiger partial charge in [-0.25, -0.2) is 9.97 Å². The fourth-order valence-corrected chi connectivity index (χ4v) is 2.51. The summed E-state index contributed by atoms with van der Waals surface area (Å²) in [5, 5.41) is 0. The largest absolute Gasteiger partial charge is 0.381 e. The summed E-state index contributed by atoms with van der Waals surface area (Å²) in [5.41, 5.74) is 0. The van der Waals surface area contributed by atoms with Gasteiger partial charge in [0.05, 0.1) is 4.47 Å². The molecule has 0 aliphatic carbocycles. The molecule has 0 bridgehead atoms. The van der Waals surface area contributed by atoms with Crippen molar-refractivity contribution in [3.05, 3.63) is 17.0 Å². The predicted octanol–water partition coefficient (Wildman–Crippen LogP) is 2.10. The van der Waals surface area contributed by atoms with E-state index in [9.17, 15) is 0 Å². The maximum absolute atomic E-state index is 5.36. The van der Waals surface area contributed by atoms with Gasteiger partial charge in [-0.1, -0.05) is 0 Å². The molecule has 2 rings (SSSR count). The van der Waals surface area contributed by atoms with E-state index in [2.05, 4.69) is 37.8 Å². The first-order chi connectivity index (χ1) is 7.77. The van der Waals surface area contributed by atoms with E-state index in [0.717, 1.165) is 42.9 Å². The highest BCUT2D eigenvalue weighted by Crippen LogP contribution is 2.23. The van der Waals surface area contributed by atoms with Crippen LogP contribution in [0.4, 0.5) is 5.82 Å². The summed E-state index contributed by atoms with van der Waals surface area (Å²) in [6.45, 7) is 2.81. The Morgan fingerprint density at radius 1 is 1.50 bits per heavy atom. The van der Waals surface area contributed by atoms with E-state index in [0.29, 0.717) is 5.92 Å². The standard InChI is InChI=1S/C11H16BrN3O/c1-15(7-9-2-4-16-5-3-9)11-10(12)6-13-8-14-11/h6,8-9H,2-5,7H2,1H3. The van der Waals surface area contributed by atoms with Gasteiger partial charge in [0.1, 0.15) is 12.1 Å². The number of ether oxygens (including phenoxy) is 1. The number of hydrogen-bond donors (Lipinski definition) is 0. The lowest BCUT2D eigenvalue weighted by Crippen LogP contribution is -2.30. The molecule has 1 saturated heterocycles. The van der Waals surface area contributed by atoms with Crippen molar-refractivity contribution >= 4 is 21.7 Å². The van der Waals surface area contributed by atoms with Gasteiger partial charge in [0.25, 0.3) is 0 Å². The lowest BCUT2D eigenvalue weighted by atomic mass is 10.00. The number of rotatable bonds is 3. The van der Waals surface area contributed by atoms with E-state index >= 15 is 0 Å². The number of aromatic nitrogens is 2. The Kier molecular flexibility index (Phi) is 4.12. The summed E-state index contributed by atoms with van der Waals surface area (Å²) in [4.78, 5) is 10.4. The summed E-state index contributed by atoms with van der Waals surface area (Å²) >= 11 is 3.47. The highest BCUT2D eigenvalue weighted by molar-refractivity contribution is 9.10. The van der Waals surface area contributed by atoms with Crippen molar-refractivity contribution < 1.29 is 4.74 Å². The average Bonchev–Trinajstić information content (AvgIpc) is 2.31. The van der Waals surface area contributed by atoms with E-state index in [-0.39, 0.29) is 0 Å². The lowest BCUT2D eigenvalue weighted by molar-refractivity contribution is 0.0685. The van der Waals surface area contributed by atoms with Crippen LogP contribution in [0.2, 0.25) is 0 Å². The van der Waals surface area contributed by atoms with Crippen molar-refractivity contribution in [2.75, 3.05) is 31.7 Å². The molecular formula is C11H16BrN3O. The normalized spacial score (nSPS) is 17.4. The van der Waals surface area contributed by atoms with Gasteiger partial charge in [0.2, 0.25) is 0 Å². The van der Waals surface area contributed by atoms with Crippen molar-refractivity contribution in [2.24, 2.45) is 5.92 Å². The molecule has 1 aromatic heterocycles. The van der Waals surface area contributed by atoms with Crippen LogP contribution < -0.4 is 4.90 Å². The molecule has 0 saturated carbocycles. The Morgan fingerprint density at radius 3 is 2.94 bits per heavy atom. The summed E-state index contributed by atoms with van der Waals surface area (Å²) in [7, 11) is 2.07. The van der Waals surface area contributed by atoms with Crippen LogP contribution in [0.25, 0.3) is 0 Å². The summed E-state index contributed by atoms with van der Waals surface area (Å²) < 4.78 is 6.31. The van der Waals surface area contributed by atoms with Crippen molar-refractivity contribution in [3.8, 4) is 0 Å². The van der Waals surface area contributed by atoms with Crippen LogP contribution in [0, 0.1) is 5.92 Å². The first-order valence-electron chi connectivity index (χ1n) is 5.52. The fraction of sp³-hybridized carbons (Fsp3) is 0.636. The minimum Gasteiger partial charge on any atom is -0.381 e. The number of nitrogens with zero attached hydrogens (tertiary/aromatic N) is 3. The lowest BCUT2D eigenvalue weighted by Gasteiger charge is -2.28. The Balaban J connectivity index is 1.96. The molecule has 0 aromatic carbocycles. The summed E-state index contributed by atoms with van der Waals surface area (Å²) in [6.07, 6.45) is 5.66. The monoisotopic (exact) mass is 285 g/mol. The first kappa shape index (κ1) is 11.8. The quantitative estimate of drug-likeness (QED) is 0.853. The molecule has 0 N–H and O–H groups in total. The second kappa shape index (κ2) is 5.59. The third-order valence-corrected chi connectivity index (χ3v) is 3.44. The molecule has 16 heavy (non-hydrogen) atoms. The molecule has 1 aliphatic rings. The molecule has 5 heteroatoms. The molecule has 2 heterocycles. The summed E-state index contributed by atoms with van der Waals surface area (Å²) in [6, 6.07) is 0. The van der Waals surface area contributed by atoms with Gasteiger partial charge in [0, 0.05) is 33.0 Å². The molecule has 1 aromatic rings. The Bertz CT molecular complexity index is 342. The van der Waals surface area contributed by atoms with Crippen LogP contribution in [-0.2, 0) is 4.74 Å². The number of hydrogen-bond acceptors (Lipinski definition) is 4. The van der Waals surface area contributed by atoms with Gasteiger partial charge in [-0.2, -0.15) is 0 Å². The van der Waals surface area contributed by atoms with Crippen LogP contribution in [0.15, 0.2) is 17.0 Å². The van der Waals surface area contributed by atoms with E-state index in [4.69, 9.17) is 4.74 Å². The third kappa shape index (κ3) is 2.92. The molecule has 0 amide bonds. The smallest absolute Gasteiger partial charge is 0.146 e. The van der Waals surface area contributed by atoms with Gasteiger partial charge in [-0.3, -0.25) is 0 Å². The Labute approximate surface area is 104 Å². The second-order valence-corrected chi connectivity index (χ2v) is 4.98. The van der Waals surface area contributed by atoms with Gasteiger partial charge in [-0.15, -0.1) is 0 Å². The van der Waals surface area contributed by atoms with Crippen LogP contribution >= 0.6 is 15.9 Å². The van der Waals surface area contributed by atoms with E-state index in [1.54, 1.807) is 12.5 Å². The predicted molar refractivity (Wildman–Crippen MR) is 66.5 cm³/mol. The Hall–Kier alpha value is -0.680. The molecule has 0 atom stereocenters. The molecule has 88 valence electrons. The van der Waals surface area contributed by atoms with Gasteiger partial charge in [0.15, 0.2) is 0 Å². The van der Waals surface area contributed by atoms with Gasteiger partial charge >= 0.3 is 0 Å². The van der Waals surface area contributed by atoms with E-state index < -0.39 is 0 Å². The SMILES string of the molecule is CN(CC1CCOCC1)c1ncncc1Br. The van der Waals surface area contributed by atoms with Crippen molar-refractivity contribution in [2.45, 2.75) is 12.8 Å². The van der Waals surface area contributed by atoms with Gasteiger partial charge in [-0.05, 0) is 34.7 Å². The maximum atomic E-state index is 5.36. The van der Waals surface area contributed by atoms with Crippen molar-refractivity contribution in [1.29, 1.82) is 0 Å². The third-order valence-electron chi connectivity index (χ3n) is 2.88. The number of halogens is 1. The van der Waals surface area contributed by atoms with Gasteiger partial charge < -0.3 is 9.64 Å². The van der Waals surface area contributed by atoms with Crippen LogP contribution in [0.5, 0.6) is 0 Å². The zero-order valence-electron chi connectivity index (χ0n) is 9.40. The number of anilines is 1. The fourth-order valence-electron chi connectivity index (χ4n) is 1.99. The zero-order valence-corrected chi connectivity index (χ0v) is 11.0. The van der Waals surface area contributed by atoms with Crippen LogP contribution in [-0.4, -0.2) is 36.8 Å². The maximum Gasteiger partial charge on any atom is 0.146 e. The molecule has 0 radical (unpaired) electrons. The minimum absolute atomic E-state index is 0.709. The Morgan fingerprint density at radius 2 is 2.25 bits per heavy atom. The molecule has 0 unspecified atom stereocenters. The van der Waals surface area contributed by atoms with Crippen LogP contribution in [0.1, 0.15) is 12.8 Å². The zero-order chi connectivity index (χ0) is 11.4. The molecule has 1 aliphatic heterocycles. The van der Waals surface area contributed by atoms with E-state index in [1.807, 2.05) is 0 Å². The second-order valence-electron chi connectivity index (χ2n) is 4.13. The minimum atomic E-state index is 0.709. The highest BCUT2D eigenvalue weighted by Gasteiger charge is 2.17. The molecule has 0 spiro atoms. The van der Waals surface area contributed by atoms with Crippen molar-refractivity contribution in [1.82, 2.24) is 9.97 Å². The molecule has 4 nitrogen and oxygen atoms in total. The summed E-state index contributed by atoms with van der Waals surface area (Å²) in [5.74, 6) is 1.67. The molecular weight excluding hydrogens is 270 g/mol. The van der Waals surface area contributed by atoms with E-state index in [1.165, 1.54) is 0 Å². The van der Waals surface area contributed by atoms with Crippen LogP contribution in [0.3, 0.4) is 0 Å².